The maximum Gasteiger partial charge on any atom is 0.411 e. The van der Waals surface area contributed by atoms with Crippen molar-refractivity contribution in [3.05, 3.63) is 36.1 Å². The Labute approximate surface area is 106 Å². The highest BCUT2D eigenvalue weighted by molar-refractivity contribution is 5.61. The van der Waals surface area contributed by atoms with Crippen LogP contribution in [0.2, 0.25) is 0 Å². The molecule has 0 spiro atoms. The first-order chi connectivity index (χ1) is 8.94. The van der Waals surface area contributed by atoms with E-state index >= 15 is 0 Å². The van der Waals surface area contributed by atoms with Gasteiger partial charge in [0.1, 0.15) is 18.9 Å². The number of hydrogen-bond donors (Lipinski definition) is 1. The standard InChI is InChI=1S/C12H11F3N2O2/c13-12(14,15)7-18-6-10-5-11(17-19-10)8-1-3-9(16)4-2-8/h1-5H,6-7,16H2. The van der Waals surface area contributed by atoms with Gasteiger partial charge in [0.05, 0.1) is 0 Å². The molecule has 0 saturated carbocycles. The molecule has 0 aliphatic carbocycles. The van der Waals surface area contributed by atoms with Crippen molar-refractivity contribution in [3.63, 3.8) is 0 Å². The summed E-state index contributed by atoms with van der Waals surface area (Å²) in [7, 11) is 0. The molecule has 0 fully saturated rings. The summed E-state index contributed by atoms with van der Waals surface area (Å²) in [4.78, 5) is 0. The fraction of sp³-hybridized carbons (Fsp3) is 0.250. The molecule has 2 N–H and O–H groups in total. The van der Waals surface area contributed by atoms with Crippen LogP contribution in [0.4, 0.5) is 18.9 Å². The maximum atomic E-state index is 11.9. The average Bonchev–Trinajstić information content (AvgIpc) is 2.77. The summed E-state index contributed by atoms with van der Waals surface area (Å²) in [6.45, 7) is -1.59. The summed E-state index contributed by atoms with van der Waals surface area (Å²) in [5.74, 6) is 0.232. The van der Waals surface area contributed by atoms with Crippen molar-refractivity contribution in [1.82, 2.24) is 5.16 Å². The lowest BCUT2D eigenvalue weighted by Gasteiger charge is -2.04. The second kappa shape index (κ2) is 5.31. The third kappa shape index (κ3) is 3.99. The van der Waals surface area contributed by atoms with Gasteiger partial charge in [-0.25, -0.2) is 0 Å². The van der Waals surface area contributed by atoms with Gasteiger partial charge in [0.2, 0.25) is 0 Å². The SMILES string of the molecule is Nc1ccc(-c2cc(COCC(F)(F)F)on2)cc1. The third-order valence-electron chi connectivity index (χ3n) is 2.28. The molecule has 0 amide bonds. The van der Waals surface area contributed by atoms with Gasteiger partial charge in [0.25, 0.3) is 0 Å². The zero-order valence-electron chi connectivity index (χ0n) is 9.78. The normalized spacial score (nSPS) is 11.7. The maximum absolute atomic E-state index is 11.9. The highest BCUT2D eigenvalue weighted by Crippen LogP contribution is 2.21. The highest BCUT2D eigenvalue weighted by Gasteiger charge is 2.27. The number of benzene rings is 1. The molecular formula is C12H11F3N2O2. The molecule has 2 aromatic rings. The Bertz CT molecular complexity index is 535. The van der Waals surface area contributed by atoms with Gasteiger partial charge >= 0.3 is 6.18 Å². The van der Waals surface area contributed by atoms with Crippen LogP contribution in [0.25, 0.3) is 11.3 Å². The Kier molecular flexibility index (Phi) is 3.75. The van der Waals surface area contributed by atoms with E-state index in [0.29, 0.717) is 11.4 Å². The molecule has 0 radical (unpaired) electrons. The predicted molar refractivity (Wildman–Crippen MR) is 62.1 cm³/mol. The van der Waals surface area contributed by atoms with Gasteiger partial charge in [-0.2, -0.15) is 13.2 Å². The lowest BCUT2D eigenvalue weighted by Crippen LogP contribution is -2.16. The van der Waals surface area contributed by atoms with Crippen molar-refractivity contribution in [2.45, 2.75) is 12.8 Å². The molecule has 4 nitrogen and oxygen atoms in total. The van der Waals surface area contributed by atoms with Crippen molar-refractivity contribution in [2.24, 2.45) is 0 Å². The number of ether oxygens (including phenoxy) is 1. The van der Waals surface area contributed by atoms with Gasteiger partial charge in [-0.05, 0) is 12.1 Å². The molecule has 0 atom stereocenters. The molecule has 0 aliphatic rings. The topological polar surface area (TPSA) is 61.3 Å². The Balaban J connectivity index is 1.97. The fourth-order valence-electron chi connectivity index (χ4n) is 1.44. The monoisotopic (exact) mass is 272 g/mol. The van der Waals surface area contributed by atoms with Crippen molar-refractivity contribution in [3.8, 4) is 11.3 Å². The minimum absolute atomic E-state index is 0.232. The molecule has 0 unspecified atom stereocenters. The Hall–Kier alpha value is -2.02. The molecule has 1 aromatic carbocycles. The molecule has 102 valence electrons. The van der Waals surface area contributed by atoms with E-state index in [9.17, 15) is 13.2 Å². The van der Waals surface area contributed by atoms with E-state index in [0.717, 1.165) is 5.56 Å². The highest BCUT2D eigenvalue weighted by atomic mass is 19.4. The van der Waals surface area contributed by atoms with Gasteiger partial charge in [-0.3, -0.25) is 0 Å². The van der Waals surface area contributed by atoms with Gasteiger partial charge in [-0.15, -0.1) is 0 Å². The van der Waals surface area contributed by atoms with Crippen molar-refractivity contribution >= 4 is 5.69 Å². The van der Waals surface area contributed by atoms with E-state index in [-0.39, 0.29) is 12.4 Å². The van der Waals surface area contributed by atoms with Crippen LogP contribution in [0.1, 0.15) is 5.76 Å². The average molecular weight is 272 g/mol. The van der Waals surface area contributed by atoms with Crippen LogP contribution in [0.15, 0.2) is 34.9 Å². The number of alkyl halides is 3. The first-order valence-electron chi connectivity index (χ1n) is 5.40. The largest absolute Gasteiger partial charge is 0.411 e. The van der Waals surface area contributed by atoms with Crippen molar-refractivity contribution < 1.29 is 22.4 Å². The van der Waals surface area contributed by atoms with Crippen molar-refractivity contribution in [1.29, 1.82) is 0 Å². The zero-order valence-corrected chi connectivity index (χ0v) is 9.78. The van der Waals surface area contributed by atoms with E-state index in [1.165, 1.54) is 6.07 Å². The van der Waals surface area contributed by atoms with Crippen LogP contribution in [-0.4, -0.2) is 17.9 Å². The van der Waals surface area contributed by atoms with Crippen LogP contribution < -0.4 is 5.73 Å². The molecule has 2 rings (SSSR count). The van der Waals surface area contributed by atoms with Crippen LogP contribution in [-0.2, 0) is 11.3 Å². The van der Waals surface area contributed by atoms with Gasteiger partial charge in [0, 0.05) is 17.3 Å². The van der Waals surface area contributed by atoms with E-state index in [1.54, 1.807) is 24.3 Å². The van der Waals surface area contributed by atoms with E-state index in [2.05, 4.69) is 9.89 Å². The predicted octanol–water partition coefficient (Wildman–Crippen LogP) is 3.00. The summed E-state index contributed by atoms with van der Waals surface area (Å²) in [6.07, 6.45) is -4.35. The summed E-state index contributed by atoms with van der Waals surface area (Å²) in [5, 5.41) is 3.75. The van der Waals surface area contributed by atoms with E-state index < -0.39 is 12.8 Å². The van der Waals surface area contributed by atoms with Crippen LogP contribution >= 0.6 is 0 Å². The van der Waals surface area contributed by atoms with Gasteiger partial charge in [0.15, 0.2) is 5.76 Å². The van der Waals surface area contributed by atoms with Crippen LogP contribution in [0.3, 0.4) is 0 Å². The van der Waals surface area contributed by atoms with Gasteiger partial charge in [-0.1, -0.05) is 17.3 Å². The zero-order chi connectivity index (χ0) is 13.9. The molecule has 0 bridgehead atoms. The summed E-state index contributed by atoms with van der Waals surface area (Å²) in [6, 6.07) is 8.41. The minimum atomic E-state index is -4.35. The van der Waals surface area contributed by atoms with Crippen LogP contribution in [0, 0.1) is 0 Å². The first-order valence-corrected chi connectivity index (χ1v) is 5.40. The number of hydrogen-bond acceptors (Lipinski definition) is 4. The number of halogens is 3. The molecule has 0 saturated heterocycles. The second-order valence-corrected chi connectivity index (χ2v) is 3.91. The summed E-state index contributed by atoms with van der Waals surface area (Å²) < 4.78 is 45.0. The Morgan fingerprint density at radius 1 is 1.21 bits per heavy atom. The third-order valence-corrected chi connectivity index (χ3v) is 2.28. The smallest absolute Gasteiger partial charge is 0.399 e. The minimum Gasteiger partial charge on any atom is -0.399 e. The number of nitrogen functional groups attached to an aromatic ring is 1. The first kappa shape index (κ1) is 13.4. The summed E-state index contributed by atoms with van der Waals surface area (Å²) in [5.41, 5.74) is 7.44. The fourth-order valence-corrected chi connectivity index (χ4v) is 1.44. The molecule has 19 heavy (non-hydrogen) atoms. The van der Waals surface area contributed by atoms with Gasteiger partial charge < -0.3 is 15.0 Å². The molecule has 0 aliphatic heterocycles. The molecular weight excluding hydrogens is 261 g/mol. The molecule has 1 heterocycles. The second-order valence-electron chi connectivity index (χ2n) is 3.91. The van der Waals surface area contributed by atoms with E-state index in [4.69, 9.17) is 10.3 Å². The Morgan fingerprint density at radius 2 is 1.89 bits per heavy atom. The molecule has 1 aromatic heterocycles. The van der Waals surface area contributed by atoms with Crippen molar-refractivity contribution in [2.75, 3.05) is 12.3 Å². The number of nitrogens with two attached hydrogens (primary N) is 1. The Morgan fingerprint density at radius 3 is 2.53 bits per heavy atom. The number of nitrogens with zero attached hydrogens (tertiary/aromatic N) is 1. The summed E-state index contributed by atoms with van der Waals surface area (Å²) >= 11 is 0. The lowest BCUT2D eigenvalue weighted by molar-refractivity contribution is -0.177. The number of aromatic nitrogens is 1. The molecule has 7 heteroatoms. The number of rotatable bonds is 4. The number of anilines is 1. The quantitative estimate of drug-likeness (QED) is 0.869. The lowest BCUT2D eigenvalue weighted by atomic mass is 10.1. The van der Waals surface area contributed by atoms with Crippen LogP contribution in [0.5, 0.6) is 0 Å². The van der Waals surface area contributed by atoms with E-state index in [1.807, 2.05) is 0 Å².